The number of halogens is 1. The first-order valence-corrected chi connectivity index (χ1v) is 12.3. The van der Waals surface area contributed by atoms with Crippen molar-refractivity contribution in [3.8, 4) is 5.69 Å². The summed E-state index contributed by atoms with van der Waals surface area (Å²) in [5.41, 5.74) is 5.85. The average molecular weight is 511 g/mol. The Kier molecular flexibility index (Phi) is 6.05. The number of rotatable bonds is 5. The first-order chi connectivity index (χ1) is 15.5. The molecule has 3 atom stereocenters. The minimum absolute atomic E-state index is 0.0102. The Bertz CT molecular complexity index is 1110. The summed E-state index contributed by atoms with van der Waals surface area (Å²) in [6.07, 6.45) is 4.27. The van der Waals surface area contributed by atoms with Crippen LogP contribution in [0.3, 0.4) is 0 Å². The van der Waals surface area contributed by atoms with E-state index in [1.165, 1.54) is 17.0 Å². The van der Waals surface area contributed by atoms with Crippen LogP contribution < -0.4 is 5.32 Å². The Morgan fingerprint density at radius 3 is 2.69 bits per heavy atom. The number of ether oxygens (including phenoxy) is 1. The lowest BCUT2D eigenvalue weighted by Crippen LogP contribution is -2.36. The van der Waals surface area contributed by atoms with Gasteiger partial charge in [-0.15, -0.1) is 0 Å². The second-order valence-electron chi connectivity index (χ2n) is 8.55. The Balaban J connectivity index is 1.58. The van der Waals surface area contributed by atoms with Gasteiger partial charge < -0.3 is 19.5 Å². The zero-order valence-corrected chi connectivity index (χ0v) is 20.7. The number of hydrogen-bond donors (Lipinski definition) is 1. The van der Waals surface area contributed by atoms with Gasteiger partial charge >= 0.3 is 0 Å². The van der Waals surface area contributed by atoms with Gasteiger partial charge in [0.1, 0.15) is 0 Å². The van der Waals surface area contributed by atoms with E-state index in [0.29, 0.717) is 0 Å². The summed E-state index contributed by atoms with van der Waals surface area (Å²) in [5, 5.41) is 4.34. The maximum Gasteiger partial charge on any atom is 0.170 e. The highest BCUT2D eigenvalue weighted by Crippen LogP contribution is 2.42. The van der Waals surface area contributed by atoms with Gasteiger partial charge in [-0.05, 0) is 86.9 Å². The summed E-state index contributed by atoms with van der Waals surface area (Å²) in [4.78, 5) is 6.99. The van der Waals surface area contributed by atoms with E-state index in [4.69, 9.17) is 17.0 Å². The van der Waals surface area contributed by atoms with E-state index in [-0.39, 0.29) is 18.2 Å². The molecule has 1 N–H and O–H groups in total. The van der Waals surface area contributed by atoms with E-state index in [1.807, 2.05) is 18.3 Å². The molecule has 1 aromatic carbocycles. The van der Waals surface area contributed by atoms with Crippen LogP contribution in [-0.4, -0.2) is 38.8 Å². The molecule has 7 heteroatoms. The zero-order valence-electron chi connectivity index (χ0n) is 18.3. The maximum atomic E-state index is 5.97. The third-order valence-electron chi connectivity index (χ3n) is 6.50. The van der Waals surface area contributed by atoms with E-state index < -0.39 is 0 Å². The van der Waals surface area contributed by atoms with Gasteiger partial charge in [0.05, 0.1) is 23.9 Å². The van der Waals surface area contributed by atoms with E-state index >= 15 is 0 Å². The largest absolute Gasteiger partial charge is 0.376 e. The summed E-state index contributed by atoms with van der Waals surface area (Å²) >= 11 is 9.39. The third kappa shape index (κ3) is 3.98. The fraction of sp³-hybridized carbons (Fsp3) is 0.360. The smallest absolute Gasteiger partial charge is 0.170 e. The lowest BCUT2D eigenvalue weighted by Gasteiger charge is -2.30. The molecule has 0 aliphatic carbocycles. The van der Waals surface area contributed by atoms with Crippen LogP contribution in [0.25, 0.3) is 5.69 Å². The molecule has 166 valence electrons. The van der Waals surface area contributed by atoms with Crippen molar-refractivity contribution < 1.29 is 4.74 Å². The Morgan fingerprint density at radius 2 is 2.00 bits per heavy atom. The number of benzene rings is 1. The molecule has 5 nitrogen and oxygen atoms in total. The monoisotopic (exact) mass is 510 g/mol. The number of nitrogens with zero attached hydrogens (tertiary/aromatic N) is 3. The van der Waals surface area contributed by atoms with Gasteiger partial charge in [0.25, 0.3) is 0 Å². The third-order valence-corrected chi connectivity index (χ3v) is 7.38. The molecule has 0 radical (unpaired) electrons. The van der Waals surface area contributed by atoms with E-state index in [2.05, 4.69) is 85.9 Å². The van der Waals surface area contributed by atoms with Crippen LogP contribution in [0.2, 0.25) is 0 Å². The minimum atomic E-state index is -0.0102. The van der Waals surface area contributed by atoms with Gasteiger partial charge in [0.2, 0.25) is 0 Å². The van der Waals surface area contributed by atoms with Gasteiger partial charge in [-0.3, -0.25) is 4.98 Å². The standard InChI is InChI=1S/C25H27BrN4OS/c1-16-14-21(17(2)30(16)19-10-8-18(26)9-11-19)24-23(22-7-3-4-12-27-22)28-25(32)29(24)15-20-6-5-13-31-20/h3-4,7-12,14,20,23-24H,5-6,13,15H2,1-2H3,(H,28,32)/t20-,23-,24-/m0/s1. The van der Waals surface area contributed by atoms with Crippen molar-refractivity contribution in [1.82, 2.24) is 19.8 Å². The maximum absolute atomic E-state index is 5.97. The van der Waals surface area contributed by atoms with Crippen molar-refractivity contribution in [2.24, 2.45) is 0 Å². The molecule has 0 amide bonds. The van der Waals surface area contributed by atoms with Gasteiger partial charge in [0.15, 0.2) is 5.11 Å². The van der Waals surface area contributed by atoms with Crippen LogP contribution >= 0.6 is 28.1 Å². The van der Waals surface area contributed by atoms with Crippen LogP contribution in [0.15, 0.2) is 59.2 Å². The second kappa shape index (κ2) is 8.96. The Labute approximate surface area is 202 Å². The number of pyridine rings is 1. The zero-order chi connectivity index (χ0) is 22.2. The van der Waals surface area contributed by atoms with Gasteiger partial charge in [-0.2, -0.15) is 0 Å². The number of aryl methyl sites for hydroxylation is 1. The van der Waals surface area contributed by atoms with Gasteiger partial charge in [-0.1, -0.05) is 22.0 Å². The summed E-state index contributed by atoms with van der Waals surface area (Å²) < 4.78 is 9.37. The van der Waals surface area contributed by atoms with E-state index in [9.17, 15) is 0 Å². The van der Waals surface area contributed by atoms with E-state index in [1.54, 1.807) is 0 Å². The predicted octanol–water partition coefficient (Wildman–Crippen LogP) is 5.40. The van der Waals surface area contributed by atoms with Crippen molar-refractivity contribution in [3.05, 3.63) is 81.8 Å². The lowest BCUT2D eigenvalue weighted by atomic mass is 9.96. The van der Waals surface area contributed by atoms with Gasteiger partial charge in [0, 0.05) is 40.9 Å². The fourth-order valence-corrected chi connectivity index (χ4v) is 5.60. The van der Waals surface area contributed by atoms with Crippen LogP contribution in [0, 0.1) is 13.8 Å². The van der Waals surface area contributed by atoms with Crippen molar-refractivity contribution in [2.75, 3.05) is 13.2 Å². The lowest BCUT2D eigenvalue weighted by molar-refractivity contribution is 0.0842. The van der Waals surface area contributed by atoms with Crippen molar-refractivity contribution in [1.29, 1.82) is 0 Å². The van der Waals surface area contributed by atoms with Crippen LogP contribution in [0.4, 0.5) is 0 Å². The summed E-state index contributed by atoms with van der Waals surface area (Å²) in [6.45, 7) is 6.00. The summed E-state index contributed by atoms with van der Waals surface area (Å²) in [5.74, 6) is 0. The number of aromatic nitrogens is 2. The first kappa shape index (κ1) is 21.6. The molecule has 0 unspecified atom stereocenters. The molecule has 2 aliphatic rings. The molecular formula is C25H27BrN4OS. The van der Waals surface area contributed by atoms with Crippen LogP contribution in [-0.2, 0) is 4.74 Å². The first-order valence-electron chi connectivity index (χ1n) is 11.1. The second-order valence-corrected chi connectivity index (χ2v) is 9.85. The molecule has 4 heterocycles. The van der Waals surface area contributed by atoms with Crippen molar-refractivity contribution >= 4 is 33.3 Å². The number of hydrogen-bond acceptors (Lipinski definition) is 3. The van der Waals surface area contributed by atoms with Gasteiger partial charge in [-0.25, -0.2) is 0 Å². The summed E-state index contributed by atoms with van der Waals surface area (Å²) in [6, 6.07) is 16.9. The highest BCUT2D eigenvalue weighted by Gasteiger charge is 2.42. The molecule has 3 aromatic rings. The number of thiocarbonyl (C=S) groups is 1. The molecule has 0 saturated carbocycles. The molecular weight excluding hydrogens is 484 g/mol. The quantitative estimate of drug-likeness (QED) is 0.465. The Hall–Kier alpha value is -2.22. The molecule has 0 bridgehead atoms. The average Bonchev–Trinajstić information content (AvgIpc) is 3.49. The highest BCUT2D eigenvalue weighted by molar-refractivity contribution is 9.10. The SMILES string of the molecule is Cc1cc([C@H]2[C@H](c3ccccn3)NC(=S)N2C[C@@H]2CCCO2)c(C)n1-c1ccc(Br)cc1. The highest BCUT2D eigenvalue weighted by atomic mass is 79.9. The van der Waals surface area contributed by atoms with Crippen LogP contribution in [0.5, 0.6) is 0 Å². The van der Waals surface area contributed by atoms with Crippen molar-refractivity contribution in [3.63, 3.8) is 0 Å². The molecule has 2 fully saturated rings. The predicted molar refractivity (Wildman–Crippen MR) is 134 cm³/mol. The van der Waals surface area contributed by atoms with Crippen molar-refractivity contribution in [2.45, 2.75) is 44.9 Å². The fourth-order valence-electron chi connectivity index (χ4n) is 5.02. The Morgan fingerprint density at radius 1 is 1.19 bits per heavy atom. The normalized spacial score (nSPS) is 23.0. The molecule has 5 rings (SSSR count). The van der Waals surface area contributed by atoms with E-state index in [0.717, 1.165) is 47.0 Å². The molecule has 2 aromatic heterocycles. The molecule has 2 saturated heterocycles. The molecule has 2 aliphatic heterocycles. The molecule has 0 spiro atoms. The topological polar surface area (TPSA) is 42.3 Å². The summed E-state index contributed by atoms with van der Waals surface area (Å²) in [7, 11) is 0. The number of nitrogens with one attached hydrogen (secondary N) is 1. The minimum Gasteiger partial charge on any atom is -0.376 e. The van der Waals surface area contributed by atoms with Crippen LogP contribution in [0.1, 0.15) is 47.6 Å². The molecule has 32 heavy (non-hydrogen) atoms.